The van der Waals surface area contributed by atoms with Gasteiger partial charge in [0.25, 0.3) is 5.56 Å². The molecule has 16 heavy (non-hydrogen) atoms. The van der Waals surface area contributed by atoms with Crippen LogP contribution in [0.1, 0.15) is 31.9 Å². The van der Waals surface area contributed by atoms with E-state index < -0.39 is 0 Å². The number of rotatable bonds is 1. The molecule has 1 aromatic carbocycles. The van der Waals surface area contributed by atoms with Gasteiger partial charge in [-0.25, -0.2) is 0 Å². The van der Waals surface area contributed by atoms with Crippen LogP contribution in [-0.2, 0) is 6.42 Å². The van der Waals surface area contributed by atoms with E-state index in [2.05, 4.69) is 18.0 Å². The molecule has 0 fully saturated rings. The van der Waals surface area contributed by atoms with Crippen molar-refractivity contribution >= 4 is 10.9 Å². The number of hydrogen-bond acceptors (Lipinski definition) is 1. The minimum absolute atomic E-state index is 0.0313. The first-order chi connectivity index (χ1) is 7.70. The monoisotopic (exact) mass is 217 g/mol. The predicted molar refractivity (Wildman–Crippen MR) is 70.0 cm³/mol. The summed E-state index contributed by atoms with van der Waals surface area (Å²) in [6.45, 7) is 8.04. The molecule has 2 rings (SSSR count). The smallest absolute Gasteiger partial charge is 0.251 e. The minimum atomic E-state index is 0.0313. The molecule has 0 bridgehead atoms. The summed E-state index contributed by atoms with van der Waals surface area (Å²) in [6.07, 6.45) is 0.777. The second-order valence-electron chi connectivity index (χ2n) is 3.57. The molecule has 0 spiro atoms. The lowest BCUT2D eigenvalue weighted by molar-refractivity contribution is 1.08. The molecule has 0 radical (unpaired) electrons. The quantitative estimate of drug-likeness (QED) is 0.780. The van der Waals surface area contributed by atoms with Crippen LogP contribution in [0.2, 0.25) is 0 Å². The van der Waals surface area contributed by atoms with E-state index in [9.17, 15) is 4.79 Å². The van der Waals surface area contributed by atoms with Crippen LogP contribution in [0.5, 0.6) is 0 Å². The van der Waals surface area contributed by atoms with Crippen molar-refractivity contribution in [3.05, 3.63) is 45.7 Å². The number of nitrogens with one attached hydrogen (secondary N) is 1. The van der Waals surface area contributed by atoms with Gasteiger partial charge < -0.3 is 4.98 Å². The summed E-state index contributed by atoms with van der Waals surface area (Å²) in [5.41, 5.74) is 3.01. The number of aryl methyl sites for hydroxylation is 2. The van der Waals surface area contributed by atoms with E-state index >= 15 is 0 Å². The summed E-state index contributed by atoms with van der Waals surface area (Å²) in [5.74, 6) is 0. The number of aromatic nitrogens is 1. The van der Waals surface area contributed by atoms with Crippen molar-refractivity contribution in [1.29, 1.82) is 0 Å². The molecule has 86 valence electrons. The normalized spacial score (nSPS) is 9.75. The Labute approximate surface area is 96.3 Å². The Morgan fingerprint density at radius 1 is 1.19 bits per heavy atom. The molecule has 1 aromatic heterocycles. The maximum atomic E-state index is 11.5. The van der Waals surface area contributed by atoms with E-state index in [1.807, 2.05) is 39.0 Å². The van der Waals surface area contributed by atoms with Gasteiger partial charge in [-0.2, -0.15) is 0 Å². The van der Waals surface area contributed by atoms with Gasteiger partial charge in [0.15, 0.2) is 0 Å². The third-order valence-electron chi connectivity index (χ3n) is 2.46. The third kappa shape index (κ3) is 2.51. The molecule has 0 saturated heterocycles. The average molecular weight is 217 g/mol. The van der Waals surface area contributed by atoms with Crippen molar-refractivity contribution < 1.29 is 0 Å². The van der Waals surface area contributed by atoms with E-state index in [1.54, 1.807) is 0 Å². The van der Waals surface area contributed by atoms with Gasteiger partial charge in [0, 0.05) is 11.1 Å². The zero-order chi connectivity index (χ0) is 12.1. The molecule has 1 heterocycles. The lowest BCUT2D eigenvalue weighted by Crippen LogP contribution is -2.11. The Kier molecular flexibility index (Phi) is 4.29. The van der Waals surface area contributed by atoms with Gasteiger partial charge in [-0.15, -0.1) is 0 Å². The second kappa shape index (κ2) is 5.50. The van der Waals surface area contributed by atoms with Gasteiger partial charge in [0.05, 0.1) is 0 Å². The fourth-order valence-electron chi connectivity index (χ4n) is 1.63. The first kappa shape index (κ1) is 12.5. The molecular formula is C14H19NO. The average Bonchev–Trinajstić information content (AvgIpc) is 2.31. The molecule has 0 aliphatic carbocycles. The van der Waals surface area contributed by atoms with Crippen LogP contribution in [0.15, 0.2) is 29.1 Å². The zero-order valence-corrected chi connectivity index (χ0v) is 10.4. The summed E-state index contributed by atoms with van der Waals surface area (Å²) in [5, 5.41) is 1.11. The van der Waals surface area contributed by atoms with Crippen LogP contribution in [0.4, 0.5) is 0 Å². The molecule has 0 amide bonds. The van der Waals surface area contributed by atoms with Crippen LogP contribution in [0.25, 0.3) is 10.9 Å². The SMILES string of the molecule is CC.CCc1cc2cc(C)ccc2[nH]c1=O. The maximum Gasteiger partial charge on any atom is 0.251 e. The minimum Gasteiger partial charge on any atom is -0.322 e. The van der Waals surface area contributed by atoms with Crippen LogP contribution < -0.4 is 5.56 Å². The molecule has 0 atom stereocenters. The van der Waals surface area contributed by atoms with Gasteiger partial charge in [-0.1, -0.05) is 32.4 Å². The molecule has 2 nitrogen and oxygen atoms in total. The van der Waals surface area contributed by atoms with Crippen molar-refractivity contribution in [3.8, 4) is 0 Å². The molecule has 0 aliphatic heterocycles. The molecular weight excluding hydrogens is 198 g/mol. The number of hydrogen-bond donors (Lipinski definition) is 1. The molecule has 0 saturated carbocycles. The predicted octanol–water partition coefficient (Wildman–Crippen LogP) is 3.43. The highest BCUT2D eigenvalue weighted by Crippen LogP contribution is 2.13. The van der Waals surface area contributed by atoms with E-state index in [-0.39, 0.29) is 5.56 Å². The maximum absolute atomic E-state index is 11.5. The standard InChI is InChI=1S/C12H13NO.C2H6/c1-3-9-7-10-6-8(2)4-5-11(10)13-12(9)14;1-2/h4-7H,3H2,1-2H3,(H,13,14);1-2H3. The van der Waals surface area contributed by atoms with Crippen LogP contribution in [0.3, 0.4) is 0 Å². The van der Waals surface area contributed by atoms with Gasteiger partial charge in [0.1, 0.15) is 0 Å². The molecule has 1 N–H and O–H groups in total. The largest absolute Gasteiger partial charge is 0.322 e. The summed E-state index contributed by atoms with van der Waals surface area (Å²) in [4.78, 5) is 14.4. The van der Waals surface area contributed by atoms with Crippen molar-refractivity contribution in [2.45, 2.75) is 34.1 Å². The summed E-state index contributed by atoms with van der Waals surface area (Å²) in [7, 11) is 0. The number of pyridine rings is 1. The van der Waals surface area contributed by atoms with Crippen molar-refractivity contribution in [2.75, 3.05) is 0 Å². The highest BCUT2D eigenvalue weighted by molar-refractivity contribution is 5.79. The van der Waals surface area contributed by atoms with Gasteiger partial charge in [-0.3, -0.25) is 4.79 Å². The van der Waals surface area contributed by atoms with Crippen molar-refractivity contribution in [3.63, 3.8) is 0 Å². The highest BCUT2D eigenvalue weighted by Gasteiger charge is 2.00. The topological polar surface area (TPSA) is 32.9 Å². The van der Waals surface area contributed by atoms with Gasteiger partial charge >= 0.3 is 0 Å². The van der Waals surface area contributed by atoms with Crippen molar-refractivity contribution in [2.24, 2.45) is 0 Å². The fourth-order valence-corrected chi connectivity index (χ4v) is 1.63. The Morgan fingerprint density at radius 2 is 1.88 bits per heavy atom. The Bertz CT molecular complexity index is 526. The van der Waals surface area contributed by atoms with Gasteiger partial charge in [-0.05, 0) is 36.9 Å². The Morgan fingerprint density at radius 3 is 2.50 bits per heavy atom. The first-order valence-electron chi connectivity index (χ1n) is 5.83. The Balaban J connectivity index is 0.000000606. The lowest BCUT2D eigenvalue weighted by atomic mass is 10.1. The van der Waals surface area contributed by atoms with Crippen LogP contribution in [-0.4, -0.2) is 4.98 Å². The zero-order valence-electron chi connectivity index (χ0n) is 10.4. The van der Waals surface area contributed by atoms with Crippen LogP contribution in [0, 0.1) is 6.92 Å². The number of H-pyrrole nitrogens is 1. The van der Waals surface area contributed by atoms with Crippen molar-refractivity contribution in [1.82, 2.24) is 4.98 Å². The lowest BCUT2D eigenvalue weighted by Gasteiger charge is -2.01. The molecule has 0 unspecified atom stereocenters. The number of benzene rings is 1. The van der Waals surface area contributed by atoms with Crippen LogP contribution >= 0.6 is 0 Å². The highest BCUT2D eigenvalue weighted by atomic mass is 16.1. The number of fused-ring (bicyclic) bond motifs is 1. The van der Waals surface area contributed by atoms with E-state index in [4.69, 9.17) is 0 Å². The molecule has 0 aliphatic rings. The van der Waals surface area contributed by atoms with E-state index in [1.165, 1.54) is 5.56 Å². The molecule has 2 aromatic rings. The summed E-state index contributed by atoms with van der Waals surface area (Å²) >= 11 is 0. The van der Waals surface area contributed by atoms with Gasteiger partial charge in [0.2, 0.25) is 0 Å². The summed E-state index contributed by atoms with van der Waals surface area (Å²) < 4.78 is 0. The number of aromatic amines is 1. The van der Waals surface area contributed by atoms with E-state index in [0.29, 0.717) is 0 Å². The molecule has 2 heteroatoms. The Hall–Kier alpha value is -1.57. The summed E-state index contributed by atoms with van der Waals surface area (Å²) in [6, 6.07) is 8.01. The van der Waals surface area contributed by atoms with E-state index in [0.717, 1.165) is 22.9 Å². The first-order valence-corrected chi connectivity index (χ1v) is 5.83. The third-order valence-corrected chi connectivity index (χ3v) is 2.46. The fraction of sp³-hybridized carbons (Fsp3) is 0.357. The second-order valence-corrected chi connectivity index (χ2v) is 3.57.